The van der Waals surface area contributed by atoms with Crippen LogP contribution in [0.4, 0.5) is 5.69 Å². The van der Waals surface area contributed by atoms with Crippen LogP contribution in [0.15, 0.2) is 83.8 Å². The maximum Gasteiger partial charge on any atom is 0.264 e. The molecular weight excluding hydrogens is 510 g/mol. The molecule has 0 saturated heterocycles. The predicted octanol–water partition coefficient (Wildman–Crippen LogP) is 5.08. The van der Waals surface area contributed by atoms with Crippen LogP contribution in [-0.4, -0.2) is 43.3 Å². The van der Waals surface area contributed by atoms with E-state index in [1.807, 2.05) is 71.0 Å². The number of nitrogens with zero attached hydrogens (tertiary/aromatic N) is 2. The maximum atomic E-state index is 14.1. The van der Waals surface area contributed by atoms with Crippen molar-refractivity contribution < 1.29 is 18.0 Å². The standard InChI is InChI=1S/C31H39N3O4S/c1-7-25-16-13-14-20-28(25)34(39(37,38)27-18-9-8-10-19-27)22-29(35)33(21-26-17-12-11-15-23(26)2)24(3)30(36)32-31(4,5)6/h8-20,24H,7,21-22H2,1-6H3,(H,32,36)/t24-/m1/s1. The molecule has 2 amide bonds. The highest BCUT2D eigenvalue weighted by Gasteiger charge is 2.34. The largest absolute Gasteiger partial charge is 0.350 e. The smallest absolute Gasteiger partial charge is 0.264 e. The van der Waals surface area contributed by atoms with E-state index in [-0.39, 0.29) is 17.3 Å². The van der Waals surface area contributed by atoms with Crippen LogP contribution in [0, 0.1) is 6.92 Å². The zero-order valence-corrected chi connectivity index (χ0v) is 24.5. The summed E-state index contributed by atoms with van der Waals surface area (Å²) in [6, 6.07) is 22.1. The molecule has 0 radical (unpaired) electrons. The third-order valence-corrected chi connectivity index (χ3v) is 8.29. The molecule has 0 aromatic heterocycles. The van der Waals surface area contributed by atoms with Crippen LogP contribution in [0.25, 0.3) is 0 Å². The van der Waals surface area contributed by atoms with Gasteiger partial charge < -0.3 is 10.2 Å². The number of carbonyl (C=O) groups excluding carboxylic acids is 2. The van der Waals surface area contributed by atoms with Crippen molar-refractivity contribution in [2.75, 3.05) is 10.8 Å². The average molecular weight is 550 g/mol. The lowest BCUT2D eigenvalue weighted by Crippen LogP contribution is -2.54. The summed E-state index contributed by atoms with van der Waals surface area (Å²) < 4.78 is 29.0. The van der Waals surface area contributed by atoms with Crippen molar-refractivity contribution in [3.63, 3.8) is 0 Å². The second kappa shape index (κ2) is 12.5. The summed E-state index contributed by atoms with van der Waals surface area (Å²) in [7, 11) is -4.09. The van der Waals surface area contributed by atoms with Gasteiger partial charge >= 0.3 is 0 Å². The van der Waals surface area contributed by atoms with Crippen molar-refractivity contribution in [3.05, 3.63) is 95.6 Å². The normalized spacial score (nSPS) is 12.5. The van der Waals surface area contributed by atoms with Gasteiger partial charge in [-0.3, -0.25) is 13.9 Å². The molecule has 3 aromatic rings. The molecule has 3 rings (SSSR count). The summed E-state index contributed by atoms with van der Waals surface area (Å²) in [5.74, 6) is -0.781. The van der Waals surface area contributed by atoms with Gasteiger partial charge in [-0.15, -0.1) is 0 Å². The minimum atomic E-state index is -4.09. The Balaban J connectivity index is 2.08. The van der Waals surface area contributed by atoms with Gasteiger partial charge in [0.15, 0.2) is 0 Å². The number of sulfonamides is 1. The minimum Gasteiger partial charge on any atom is -0.350 e. The number of para-hydroxylation sites is 1. The SMILES string of the molecule is CCc1ccccc1N(CC(=O)N(Cc1ccccc1C)[C@H](C)C(=O)NC(C)(C)C)S(=O)(=O)c1ccccc1. The second-order valence-corrected chi connectivity index (χ2v) is 12.5. The van der Waals surface area contributed by atoms with E-state index in [0.717, 1.165) is 16.7 Å². The van der Waals surface area contributed by atoms with Crippen molar-refractivity contribution in [2.24, 2.45) is 0 Å². The van der Waals surface area contributed by atoms with E-state index in [4.69, 9.17) is 0 Å². The van der Waals surface area contributed by atoms with Crippen LogP contribution in [0.5, 0.6) is 0 Å². The van der Waals surface area contributed by atoms with E-state index >= 15 is 0 Å². The zero-order valence-electron chi connectivity index (χ0n) is 23.6. The fraction of sp³-hybridized carbons (Fsp3) is 0.355. The highest BCUT2D eigenvalue weighted by Crippen LogP contribution is 2.28. The third kappa shape index (κ3) is 7.47. The average Bonchev–Trinajstić information content (AvgIpc) is 2.90. The fourth-order valence-electron chi connectivity index (χ4n) is 4.31. The van der Waals surface area contributed by atoms with Gasteiger partial charge in [-0.05, 0) is 75.9 Å². The van der Waals surface area contributed by atoms with E-state index in [0.29, 0.717) is 12.1 Å². The number of rotatable bonds is 10. The zero-order chi connectivity index (χ0) is 28.8. The molecule has 0 unspecified atom stereocenters. The molecule has 0 fully saturated rings. The van der Waals surface area contributed by atoms with Crippen LogP contribution in [0.2, 0.25) is 0 Å². The molecule has 8 heteroatoms. The first-order chi connectivity index (χ1) is 18.3. The number of benzene rings is 3. The van der Waals surface area contributed by atoms with Crippen LogP contribution in [0.3, 0.4) is 0 Å². The topological polar surface area (TPSA) is 86.8 Å². The predicted molar refractivity (Wildman–Crippen MR) is 156 cm³/mol. The molecule has 1 N–H and O–H groups in total. The highest BCUT2D eigenvalue weighted by molar-refractivity contribution is 7.92. The Kier molecular flexibility index (Phi) is 9.56. The summed E-state index contributed by atoms with van der Waals surface area (Å²) in [4.78, 5) is 28.8. The Morgan fingerprint density at radius 2 is 1.44 bits per heavy atom. The first-order valence-electron chi connectivity index (χ1n) is 13.2. The summed E-state index contributed by atoms with van der Waals surface area (Å²) in [5.41, 5.74) is 2.61. The molecule has 3 aromatic carbocycles. The van der Waals surface area contributed by atoms with Gasteiger partial charge in [0.1, 0.15) is 12.6 Å². The van der Waals surface area contributed by atoms with E-state index in [1.165, 1.54) is 21.3 Å². The summed E-state index contributed by atoms with van der Waals surface area (Å²) in [6.45, 7) is 10.9. The Hall–Kier alpha value is -3.65. The molecule has 7 nitrogen and oxygen atoms in total. The van der Waals surface area contributed by atoms with Gasteiger partial charge in [-0.25, -0.2) is 8.42 Å². The molecule has 0 aliphatic carbocycles. The van der Waals surface area contributed by atoms with Gasteiger partial charge in [0, 0.05) is 12.1 Å². The van der Waals surface area contributed by atoms with Gasteiger partial charge in [0.2, 0.25) is 11.8 Å². The van der Waals surface area contributed by atoms with Crippen molar-refractivity contribution >= 4 is 27.5 Å². The quantitative estimate of drug-likeness (QED) is 0.382. The Labute approximate surface area is 232 Å². The summed E-state index contributed by atoms with van der Waals surface area (Å²) in [5, 5.41) is 2.95. The van der Waals surface area contributed by atoms with Crippen LogP contribution in [-0.2, 0) is 32.6 Å². The number of anilines is 1. The van der Waals surface area contributed by atoms with Crippen molar-refractivity contribution in [3.8, 4) is 0 Å². The van der Waals surface area contributed by atoms with Gasteiger partial charge in [0.05, 0.1) is 10.6 Å². The molecule has 0 saturated carbocycles. The number of nitrogens with one attached hydrogen (secondary N) is 1. The maximum absolute atomic E-state index is 14.1. The van der Waals surface area contributed by atoms with Gasteiger partial charge in [0.25, 0.3) is 10.0 Å². The van der Waals surface area contributed by atoms with Gasteiger partial charge in [-0.2, -0.15) is 0 Å². The fourth-order valence-corrected chi connectivity index (χ4v) is 5.79. The molecule has 0 aliphatic rings. The van der Waals surface area contributed by atoms with E-state index < -0.39 is 34.1 Å². The number of aryl methyl sites for hydroxylation is 2. The van der Waals surface area contributed by atoms with Crippen molar-refractivity contribution in [2.45, 2.75) is 71.0 Å². The van der Waals surface area contributed by atoms with Crippen LogP contribution >= 0.6 is 0 Å². The van der Waals surface area contributed by atoms with Crippen LogP contribution in [0.1, 0.15) is 51.3 Å². The first kappa shape index (κ1) is 29.9. The monoisotopic (exact) mass is 549 g/mol. The first-order valence-corrected chi connectivity index (χ1v) is 14.6. The molecule has 0 bridgehead atoms. The lowest BCUT2D eigenvalue weighted by atomic mass is 10.1. The second-order valence-electron chi connectivity index (χ2n) is 10.7. The van der Waals surface area contributed by atoms with Gasteiger partial charge in [-0.1, -0.05) is 67.6 Å². The van der Waals surface area contributed by atoms with Crippen molar-refractivity contribution in [1.29, 1.82) is 0 Å². The number of hydrogen-bond donors (Lipinski definition) is 1. The molecule has 0 spiro atoms. The highest BCUT2D eigenvalue weighted by atomic mass is 32.2. The van der Waals surface area contributed by atoms with E-state index in [2.05, 4.69) is 5.32 Å². The Morgan fingerprint density at radius 3 is 2.03 bits per heavy atom. The minimum absolute atomic E-state index is 0.0904. The third-order valence-electron chi connectivity index (χ3n) is 6.52. The summed E-state index contributed by atoms with van der Waals surface area (Å²) >= 11 is 0. The summed E-state index contributed by atoms with van der Waals surface area (Å²) in [6.07, 6.45) is 0.586. The molecule has 39 heavy (non-hydrogen) atoms. The Morgan fingerprint density at radius 1 is 0.872 bits per heavy atom. The molecule has 0 aliphatic heterocycles. The lowest BCUT2D eigenvalue weighted by Gasteiger charge is -2.34. The molecular formula is C31H39N3O4S. The molecule has 0 heterocycles. The lowest BCUT2D eigenvalue weighted by molar-refractivity contribution is -0.140. The van der Waals surface area contributed by atoms with E-state index in [1.54, 1.807) is 37.3 Å². The van der Waals surface area contributed by atoms with Crippen molar-refractivity contribution in [1.82, 2.24) is 10.2 Å². The van der Waals surface area contributed by atoms with E-state index in [9.17, 15) is 18.0 Å². The van der Waals surface area contributed by atoms with Crippen LogP contribution < -0.4 is 9.62 Å². The molecule has 208 valence electrons. The Bertz CT molecular complexity index is 1400. The number of hydrogen-bond acceptors (Lipinski definition) is 4. The number of carbonyl (C=O) groups is 2. The molecule has 1 atom stereocenters. The number of amides is 2.